The van der Waals surface area contributed by atoms with Crippen LogP contribution >= 0.6 is 0 Å². The second-order valence-electron chi connectivity index (χ2n) is 6.26. The van der Waals surface area contributed by atoms with E-state index in [0.29, 0.717) is 0 Å². The first-order valence-corrected chi connectivity index (χ1v) is 9.35. The van der Waals surface area contributed by atoms with Crippen molar-refractivity contribution in [2.45, 2.75) is 50.8 Å². The minimum Gasteiger partial charge on any atom is -0.432 e. The molecule has 0 aliphatic carbocycles. The van der Waals surface area contributed by atoms with E-state index in [9.17, 15) is 28.5 Å². The van der Waals surface area contributed by atoms with Gasteiger partial charge in [-0.25, -0.2) is 4.18 Å². The molecule has 0 saturated carbocycles. The highest BCUT2D eigenvalue weighted by Crippen LogP contribution is 2.34. The summed E-state index contributed by atoms with van der Waals surface area (Å²) in [6.45, 7) is 2.70. The van der Waals surface area contributed by atoms with Crippen LogP contribution in [0.1, 0.15) is 13.8 Å². The normalized spacial score (nSPS) is 40.0. The fraction of sp³-hybridized carbons (Fsp3) is 0.786. The molecule has 156 valence electrons. The van der Waals surface area contributed by atoms with Gasteiger partial charge in [0.15, 0.2) is 6.29 Å². The molecule has 2 aliphatic heterocycles. The van der Waals surface area contributed by atoms with Crippen molar-refractivity contribution in [1.82, 2.24) is 0 Å². The van der Waals surface area contributed by atoms with Crippen molar-refractivity contribution in [3.63, 3.8) is 0 Å². The van der Waals surface area contributed by atoms with Crippen molar-refractivity contribution in [2.75, 3.05) is 6.61 Å². The van der Waals surface area contributed by atoms with Crippen LogP contribution in [0.4, 0.5) is 0 Å². The zero-order valence-corrected chi connectivity index (χ0v) is 15.3. The molecule has 0 aromatic carbocycles. The molecule has 13 heteroatoms. The molecule has 0 radical (unpaired) electrons. The molecule has 2 aliphatic rings. The molecule has 2 heterocycles. The minimum absolute atomic E-state index is 0.0564. The summed E-state index contributed by atoms with van der Waals surface area (Å²) in [6.07, 6.45) is -6.95. The molecule has 0 bridgehead atoms. The number of hydrogen-bond acceptors (Lipinski definition) is 11. The summed E-state index contributed by atoms with van der Waals surface area (Å²) in [6, 6.07) is 0. The van der Waals surface area contributed by atoms with E-state index in [1.165, 1.54) is 0 Å². The largest absolute Gasteiger partial charge is 0.432 e. The average molecular weight is 414 g/mol. The number of aliphatic hydroxyl groups excluding tert-OH is 3. The molecule has 8 atom stereocenters. The topological polar surface area (TPSA) is 178 Å². The fourth-order valence-electron chi connectivity index (χ4n) is 2.78. The molecule has 1 saturated heterocycles. The fourth-order valence-corrected chi connectivity index (χ4v) is 3.08. The Kier molecular flexibility index (Phi) is 7.15. The van der Waals surface area contributed by atoms with Crippen LogP contribution in [0.5, 0.6) is 0 Å². The lowest BCUT2D eigenvalue weighted by molar-refractivity contribution is -0.307. The van der Waals surface area contributed by atoms with E-state index < -0.39 is 71.8 Å². The summed E-state index contributed by atoms with van der Waals surface area (Å²) in [7, 11) is -4.77. The van der Waals surface area contributed by atoms with E-state index in [4.69, 9.17) is 18.8 Å². The van der Waals surface area contributed by atoms with Crippen LogP contribution in [0, 0.1) is 11.8 Å². The Hall–Kier alpha value is -1.32. The van der Waals surface area contributed by atoms with Crippen molar-refractivity contribution in [3.05, 3.63) is 12.0 Å². The van der Waals surface area contributed by atoms with Gasteiger partial charge < -0.3 is 34.3 Å². The highest BCUT2D eigenvalue weighted by atomic mass is 32.3. The maximum Gasteiger partial charge on any atom is 0.397 e. The Morgan fingerprint density at radius 3 is 2.48 bits per heavy atom. The lowest BCUT2D eigenvalue weighted by atomic mass is 9.84. The quantitative estimate of drug-likeness (QED) is 0.274. The van der Waals surface area contributed by atoms with Crippen molar-refractivity contribution in [1.29, 1.82) is 0 Å². The third kappa shape index (κ3) is 5.58. The molecule has 2 rings (SSSR count). The van der Waals surface area contributed by atoms with Gasteiger partial charge >= 0.3 is 16.9 Å². The number of rotatable bonds is 7. The Labute approximate surface area is 155 Å². The number of ether oxygens (including phenoxy) is 4. The second kappa shape index (κ2) is 8.79. The van der Waals surface area contributed by atoms with Gasteiger partial charge in [-0.3, -0.25) is 9.35 Å². The highest BCUT2D eigenvalue weighted by Gasteiger charge is 2.46. The van der Waals surface area contributed by atoms with Gasteiger partial charge in [-0.1, -0.05) is 13.8 Å². The van der Waals surface area contributed by atoms with Crippen LogP contribution in [-0.4, -0.2) is 78.4 Å². The van der Waals surface area contributed by atoms with E-state index in [0.717, 1.165) is 6.08 Å². The van der Waals surface area contributed by atoms with Gasteiger partial charge in [0, 0.05) is 12.0 Å². The molecule has 12 nitrogen and oxygen atoms in total. The first-order valence-electron chi connectivity index (χ1n) is 7.99. The Morgan fingerprint density at radius 1 is 1.22 bits per heavy atom. The maximum atomic E-state index is 10.8. The molecule has 0 aromatic rings. The molecule has 0 amide bonds. The maximum absolute atomic E-state index is 10.8. The summed E-state index contributed by atoms with van der Waals surface area (Å²) in [4.78, 5) is 10.4. The molecule has 0 aromatic heterocycles. The first-order chi connectivity index (χ1) is 12.5. The average Bonchev–Trinajstić information content (AvgIpc) is 2.57. The predicted octanol–water partition coefficient (Wildman–Crippen LogP) is -1.73. The van der Waals surface area contributed by atoms with Crippen LogP contribution in [0.25, 0.3) is 0 Å². The standard InChI is InChI=1S/C14H22O12S/c1-6-7(2)13(18)24-9(4-23-27(19,20)21)12(6)26-14-11(17)8(16)3-10(25-14)22-5-15/h3,5-9,11-14,16-18H,4H2,1-2H3,(H,19,20,21)/t6-,7?,8?,9?,11+,12+,13?,14+/m1/s1. The van der Waals surface area contributed by atoms with Crippen LogP contribution in [0.3, 0.4) is 0 Å². The van der Waals surface area contributed by atoms with E-state index in [-0.39, 0.29) is 6.47 Å². The van der Waals surface area contributed by atoms with Gasteiger partial charge in [0.25, 0.3) is 5.95 Å². The zero-order chi connectivity index (χ0) is 20.4. The summed E-state index contributed by atoms with van der Waals surface area (Å²) in [5.41, 5.74) is 0. The smallest absolute Gasteiger partial charge is 0.397 e. The third-order valence-corrected chi connectivity index (χ3v) is 4.92. The molecule has 4 unspecified atom stereocenters. The van der Waals surface area contributed by atoms with Crippen molar-refractivity contribution >= 4 is 16.9 Å². The van der Waals surface area contributed by atoms with Gasteiger partial charge in [-0.2, -0.15) is 8.42 Å². The second-order valence-corrected chi connectivity index (χ2v) is 7.35. The number of aliphatic hydroxyl groups is 3. The van der Waals surface area contributed by atoms with E-state index in [2.05, 4.69) is 8.92 Å². The Balaban J connectivity index is 2.17. The number of hydrogen-bond donors (Lipinski definition) is 4. The molecule has 0 spiro atoms. The molecule has 1 fully saturated rings. The SMILES string of the molecule is CC1C(O)OC(COS(=O)(=O)O)[C@@H](O[C@@H]2OC(OC=O)=CC(O)[C@@H]2O)[C@@H]1C. The number of carbonyl (C=O) groups excluding carboxylic acids is 1. The highest BCUT2D eigenvalue weighted by molar-refractivity contribution is 7.80. The summed E-state index contributed by atoms with van der Waals surface area (Å²) in [5, 5.41) is 29.8. The van der Waals surface area contributed by atoms with E-state index >= 15 is 0 Å². The van der Waals surface area contributed by atoms with Gasteiger partial charge in [0.2, 0.25) is 6.29 Å². The van der Waals surface area contributed by atoms with Gasteiger partial charge in [0.05, 0.1) is 12.7 Å². The third-order valence-electron chi connectivity index (χ3n) is 4.48. The summed E-state index contributed by atoms with van der Waals surface area (Å²) < 4.78 is 55.3. The van der Waals surface area contributed by atoms with Crippen LogP contribution < -0.4 is 0 Å². The lowest BCUT2D eigenvalue weighted by Gasteiger charge is -2.44. The van der Waals surface area contributed by atoms with Crippen molar-refractivity contribution < 1.29 is 56.2 Å². The van der Waals surface area contributed by atoms with Crippen LogP contribution in [-0.2, 0) is 38.3 Å². The number of carbonyl (C=O) groups is 1. The Bertz CT molecular complexity index is 648. The van der Waals surface area contributed by atoms with Gasteiger partial charge in [-0.05, 0) is 5.92 Å². The first kappa shape index (κ1) is 22.0. The predicted molar refractivity (Wildman–Crippen MR) is 83.7 cm³/mol. The van der Waals surface area contributed by atoms with E-state index in [1.807, 2.05) is 0 Å². The molecule has 4 N–H and O–H groups in total. The van der Waals surface area contributed by atoms with Crippen molar-refractivity contribution in [2.24, 2.45) is 11.8 Å². The van der Waals surface area contributed by atoms with Crippen LogP contribution in [0.15, 0.2) is 12.0 Å². The summed E-state index contributed by atoms with van der Waals surface area (Å²) >= 11 is 0. The molecular formula is C14H22O12S. The van der Waals surface area contributed by atoms with Crippen molar-refractivity contribution in [3.8, 4) is 0 Å². The van der Waals surface area contributed by atoms with Gasteiger partial charge in [0.1, 0.15) is 18.3 Å². The summed E-state index contributed by atoms with van der Waals surface area (Å²) in [5.74, 6) is -1.29. The van der Waals surface area contributed by atoms with Gasteiger partial charge in [-0.15, -0.1) is 0 Å². The molecular weight excluding hydrogens is 392 g/mol. The zero-order valence-electron chi connectivity index (χ0n) is 14.4. The molecule has 27 heavy (non-hydrogen) atoms. The van der Waals surface area contributed by atoms with Crippen LogP contribution in [0.2, 0.25) is 0 Å². The lowest BCUT2D eigenvalue weighted by Crippen LogP contribution is -2.55. The monoisotopic (exact) mass is 414 g/mol. The van der Waals surface area contributed by atoms with E-state index in [1.54, 1.807) is 13.8 Å². The Morgan fingerprint density at radius 2 is 1.89 bits per heavy atom. The minimum atomic E-state index is -4.77.